The largest absolute Gasteiger partial charge is 0.396 e. The van der Waals surface area contributed by atoms with Gasteiger partial charge in [0, 0.05) is 18.5 Å². The Hall–Kier alpha value is -2.54. The summed E-state index contributed by atoms with van der Waals surface area (Å²) in [4.78, 5) is 18.0. The van der Waals surface area contributed by atoms with E-state index in [-0.39, 0.29) is 12.4 Å². The maximum Gasteiger partial charge on any atom is 0.182 e. The number of halogens is 1. The number of rotatable bonds is 4. The number of hydrogen-bond donors (Lipinski definition) is 2. The number of nitrogens with one attached hydrogen (secondary N) is 1. The van der Waals surface area contributed by atoms with Crippen LogP contribution < -0.4 is 4.90 Å². The van der Waals surface area contributed by atoms with Crippen molar-refractivity contribution in [3.8, 4) is 0 Å². The quantitative estimate of drug-likeness (QED) is 0.761. The van der Waals surface area contributed by atoms with Crippen LogP contribution in [0.2, 0.25) is 0 Å². The molecule has 0 spiro atoms. The highest BCUT2D eigenvalue weighted by Crippen LogP contribution is 2.36. The third-order valence-corrected chi connectivity index (χ3v) is 5.02. The molecule has 6 nitrogen and oxygen atoms in total. The third-order valence-electron chi connectivity index (χ3n) is 5.02. The molecule has 1 fully saturated rings. The van der Waals surface area contributed by atoms with Crippen LogP contribution in [0.1, 0.15) is 18.4 Å². The van der Waals surface area contributed by atoms with Crippen LogP contribution in [-0.4, -0.2) is 44.7 Å². The summed E-state index contributed by atoms with van der Waals surface area (Å²) in [6.45, 7) is 1.46. The van der Waals surface area contributed by atoms with Crippen LogP contribution in [0.25, 0.3) is 11.2 Å². The van der Waals surface area contributed by atoms with Gasteiger partial charge in [0.25, 0.3) is 0 Å². The van der Waals surface area contributed by atoms with Crippen molar-refractivity contribution in [2.24, 2.45) is 5.41 Å². The van der Waals surface area contributed by atoms with E-state index in [9.17, 15) is 9.50 Å². The Kier molecular flexibility index (Phi) is 4.09. The number of piperidine rings is 1. The van der Waals surface area contributed by atoms with E-state index < -0.39 is 5.41 Å². The van der Waals surface area contributed by atoms with E-state index in [2.05, 4.69) is 24.8 Å². The lowest BCUT2D eigenvalue weighted by atomic mass is 9.75. The summed E-state index contributed by atoms with van der Waals surface area (Å²) in [6, 6.07) is 6.79. The fourth-order valence-corrected chi connectivity index (χ4v) is 3.76. The first-order valence-electron chi connectivity index (χ1n) is 8.44. The van der Waals surface area contributed by atoms with E-state index in [0.29, 0.717) is 24.2 Å². The van der Waals surface area contributed by atoms with Crippen molar-refractivity contribution in [1.29, 1.82) is 0 Å². The van der Waals surface area contributed by atoms with Gasteiger partial charge in [-0.1, -0.05) is 18.2 Å². The number of aliphatic hydroxyl groups excluding tert-OH is 1. The number of imidazole rings is 1. The van der Waals surface area contributed by atoms with Gasteiger partial charge in [-0.2, -0.15) is 0 Å². The molecule has 25 heavy (non-hydrogen) atoms. The van der Waals surface area contributed by atoms with Gasteiger partial charge in [-0.25, -0.2) is 19.3 Å². The van der Waals surface area contributed by atoms with Crippen LogP contribution in [0.15, 0.2) is 36.9 Å². The number of H-pyrrole nitrogens is 1. The Morgan fingerprint density at radius 2 is 2.12 bits per heavy atom. The molecule has 0 saturated carbocycles. The SMILES string of the molecule is OC[C@@]1(Cc2ccccc2F)CCCN(c2ncnc3nc[nH]c23)C1. The predicted octanol–water partition coefficient (Wildman–Crippen LogP) is 2.31. The number of fused-ring (bicyclic) bond motifs is 1. The number of aliphatic hydroxyl groups is 1. The Morgan fingerprint density at radius 1 is 1.24 bits per heavy atom. The molecule has 0 radical (unpaired) electrons. The van der Waals surface area contributed by atoms with Gasteiger partial charge in [-0.3, -0.25) is 0 Å². The van der Waals surface area contributed by atoms with Crippen molar-refractivity contribution >= 4 is 17.0 Å². The smallest absolute Gasteiger partial charge is 0.182 e. The highest BCUT2D eigenvalue weighted by Gasteiger charge is 2.37. The van der Waals surface area contributed by atoms with E-state index >= 15 is 0 Å². The molecule has 1 aliphatic rings. The molecule has 0 amide bonds. The maximum atomic E-state index is 14.1. The number of nitrogens with zero attached hydrogens (tertiary/aromatic N) is 4. The molecule has 0 bridgehead atoms. The van der Waals surface area contributed by atoms with Crippen molar-refractivity contribution in [2.75, 3.05) is 24.6 Å². The second kappa shape index (κ2) is 6.40. The van der Waals surface area contributed by atoms with Crippen molar-refractivity contribution in [2.45, 2.75) is 19.3 Å². The van der Waals surface area contributed by atoms with Crippen molar-refractivity contribution in [1.82, 2.24) is 19.9 Å². The summed E-state index contributed by atoms with van der Waals surface area (Å²) in [5.41, 5.74) is 1.67. The van der Waals surface area contributed by atoms with Gasteiger partial charge in [0.05, 0.1) is 12.9 Å². The number of hydrogen-bond acceptors (Lipinski definition) is 5. The first kappa shape index (κ1) is 16.0. The highest BCUT2D eigenvalue weighted by atomic mass is 19.1. The zero-order chi connectivity index (χ0) is 17.3. The first-order valence-corrected chi connectivity index (χ1v) is 8.44. The standard InChI is InChI=1S/C18H20FN5O/c19-14-5-2-1-4-13(14)8-18(10-25)6-3-7-24(9-18)17-15-16(21-11-20-15)22-12-23-17/h1-2,4-5,11-12,25H,3,6-10H2,(H,20,21,22,23)/t18-/m1/s1. The van der Waals surface area contributed by atoms with Gasteiger partial charge in [-0.15, -0.1) is 0 Å². The van der Waals surface area contributed by atoms with Crippen molar-refractivity contribution in [3.05, 3.63) is 48.3 Å². The van der Waals surface area contributed by atoms with E-state index in [0.717, 1.165) is 30.7 Å². The zero-order valence-corrected chi connectivity index (χ0v) is 13.8. The number of anilines is 1. The van der Waals surface area contributed by atoms with Crippen LogP contribution in [-0.2, 0) is 6.42 Å². The minimum absolute atomic E-state index is 0.00897. The molecule has 1 saturated heterocycles. The van der Waals surface area contributed by atoms with E-state index in [4.69, 9.17) is 0 Å². The Balaban J connectivity index is 1.64. The molecule has 2 aromatic heterocycles. The highest BCUT2D eigenvalue weighted by molar-refractivity contribution is 5.82. The molecular weight excluding hydrogens is 321 g/mol. The lowest BCUT2D eigenvalue weighted by Crippen LogP contribution is -2.47. The molecule has 3 heterocycles. The molecule has 1 aromatic carbocycles. The maximum absolute atomic E-state index is 14.1. The molecule has 0 unspecified atom stereocenters. The minimum atomic E-state index is -0.391. The lowest BCUT2D eigenvalue weighted by Gasteiger charge is -2.42. The number of aromatic amines is 1. The molecule has 3 aromatic rings. The summed E-state index contributed by atoms with van der Waals surface area (Å²) in [6.07, 6.45) is 5.38. The average Bonchev–Trinajstić information content (AvgIpc) is 3.13. The van der Waals surface area contributed by atoms with Gasteiger partial charge in [0.1, 0.15) is 17.7 Å². The van der Waals surface area contributed by atoms with Crippen molar-refractivity contribution < 1.29 is 9.50 Å². The van der Waals surface area contributed by atoms with Crippen LogP contribution in [0.3, 0.4) is 0 Å². The fourth-order valence-electron chi connectivity index (χ4n) is 3.76. The topological polar surface area (TPSA) is 77.9 Å². The van der Waals surface area contributed by atoms with Crippen LogP contribution in [0, 0.1) is 11.2 Å². The van der Waals surface area contributed by atoms with Crippen LogP contribution >= 0.6 is 0 Å². The van der Waals surface area contributed by atoms with E-state index in [1.165, 1.54) is 12.4 Å². The van der Waals surface area contributed by atoms with Gasteiger partial charge in [0.15, 0.2) is 11.5 Å². The molecule has 1 atom stereocenters. The third kappa shape index (κ3) is 2.95. The second-order valence-corrected chi connectivity index (χ2v) is 6.75. The van der Waals surface area contributed by atoms with Gasteiger partial charge in [-0.05, 0) is 30.9 Å². The molecule has 7 heteroatoms. The van der Waals surface area contributed by atoms with Gasteiger partial charge >= 0.3 is 0 Å². The summed E-state index contributed by atoms with van der Waals surface area (Å²) in [5, 5.41) is 10.1. The second-order valence-electron chi connectivity index (χ2n) is 6.75. The van der Waals surface area contributed by atoms with Crippen molar-refractivity contribution in [3.63, 3.8) is 0 Å². The Labute approximate surface area is 144 Å². The summed E-state index contributed by atoms with van der Waals surface area (Å²) < 4.78 is 14.1. The van der Waals surface area contributed by atoms with Crippen LogP contribution in [0.4, 0.5) is 10.2 Å². The molecule has 4 rings (SSSR count). The summed E-state index contributed by atoms with van der Waals surface area (Å²) in [5.74, 6) is 0.569. The molecule has 0 aliphatic carbocycles. The lowest BCUT2D eigenvalue weighted by molar-refractivity contribution is 0.104. The van der Waals surface area contributed by atoms with E-state index in [1.54, 1.807) is 18.5 Å². The Bertz CT molecular complexity index is 883. The molecule has 2 N–H and O–H groups in total. The van der Waals surface area contributed by atoms with Gasteiger partial charge in [0.2, 0.25) is 0 Å². The summed E-state index contributed by atoms with van der Waals surface area (Å²) >= 11 is 0. The first-order chi connectivity index (χ1) is 12.2. The summed E-state index contributed by atoms with van der Waals surface area (Å²) in [7, 11) is 0. The average molecular weight is 341 g/mol. The molecule has 1 aliphatic heterocycles. The minimum Gasteiger partial charge on any atom is -0.396 e. The van der Waals surface area contributed by atoms with Gasteiger partial charge < -0.3 is 15.0 Å². The van der Waals surface area contributed by atoms with Crippen LogP contribution in [0.5, 0.6) is 0 Å². The number of benzene rings is 1. The van der Waals surface area contributed by atoms with E-state index in [1.807, 2.05) is 6.07 Å². The Morgan fingerprint density at radius 3 is 2.96 bits per heavy atom. The zero-order valence-electron chi connectivity index (χ0n) is 13.8. The molecular formula is C18H20FN5O. The molecule has 130 valence electrons. The fraction of sp³-hybridized carbons (Fsp3) is 0.389. The number of aromatic nitrogens is 4. The normalized spacial score (nSPS) is 21.0. The predicted molar refractivity (Wildman–Crippen MR) is 92.8 cm³/mol. The monoisotopic (exact) mass is 341 g/mol.